The van der Waals surface area contributed by atoms with E-state index in [2.05, 4.69) is 19.9 Å². The molecular formula is C25H40O5. The molecule has 0 amide bonds. The Morgan fingerprint density at radius 3 is 2.47 bits per heavy atom. The Bertz CT molecular complexity index is 645. The molecule has 30 heavy (non-hydrogen) atoms. The summed E-state index contributed by atoms with van der Waals surface area (Å²) >= 11 is 0. The van der Waals surface area contributed by atoms with Crippen molar-refractivity contribution < 1.29 is 24.1 Å². The summed E-state index contributed by atoms with van der Waals surface area (Å²) in [5.74, 6) is 2.57. The number of aliphatic hydroxyl groups excluding tert-OH is 1. The standard InChI is InChI=1S/C25H40O5/c1-24-9-7-19(30-16-15-29-14-13-28-12-11-26)17-18(24)3-4-20-21-5-6-23(27)25(21,2)10-8-22(20)24/h3,19-22,26H,4-17H2,1-2H3/t19-,20-,21-,22-,24-,25-/m0/s1. The van der Waals surface area contributed by atoms with Gasteiger partial charge in [-0.2, -0.15) is 0 Å². The predicted molar refractivity (Wildman–Crippen MR) is 115 cm³/mol. The summed E-state index contributed by atoms with van der Waals surface area (Å²) in [5.41, 5.74) is 1.88. The van der Waals surface area contributed by atoms with Gasteiger partial charge in [0.15, 0.2) is 0 Å². The molecule has 1 N–H and O–H groups in total. The van der Waals surface area contributed by atoms with Crippen molar-refractivity contribution in [1.29, 1.82) is 0 Å². The lowest BCUT2D eigenvalue weighted by Gasteiger charge is -2.57. The minimum atomic E-state index is -0.0354. The Hall–Kier alpha value is -0.750. The summed E-state index contributed by atoms with van der Waals surface area (Å²) in [4.78, 5) is 12.6. The van der Waals surface area contributed by atoms with Crippen molar-refractivity contribution in [1.82, 2.24) is 0 Å². The van der Waals surface area contributed by atoms with Crippen molar-refractivity contribution in [3.05, 3.63) is 11.6 Å². The Balaban J connectivity index is 1.28. The zero-order valence-electron chi connectivity index (χ0n) is 18.9. The number of Topliss-reactive ketones (excluding diaryl/α,β-unsaturated/α-hetero) is 1. The van der Waals surface area contributed by atoms with Gasteiger partial charge in [0.1, 0.15) is 5.78 Å². The van der Waals surface area contributed by atoms with E-state index in [0.29, 0.717) is 62.2 Å². The quantitative estimate of drug-likeness (QED) is 0.452. The molecule has 3 fully saturated rings. The van der Waals surface area contributed by atoms with Crippen LogP contribution >= 0.6 is 0 Å². The highest BCUT2D eigenvalue weighted by Gasteiger charge is 2.58. The summed E-state index contributed by atoms with van der Waals surface area (Å²) < 4.78 is 16.9. The maximum Gasteiger partial charge on any atom is 0.139 e. The number of aliphatic hydroxyl groups is 1. The highest BCUT2D eigenvalue weighted by molar-refractivity contribution is 5.87. The van der Waals surface area contributed by atoms with Crippen LogP contribution in [0.1, 0.15) is 65.2 Å². The van der Waals surface area contributed by atoms with Crippen LogP contribution in [0.4, 0.5) is 0 Å². The largest absolute Gasteiger partial charge is 0.394 e. The van der Waals surface area contributed by atoms with Gasteiger partial charge in [0.2, 0.25) is 0 Å². The molecule has 5 heteroatoms. The van der Waals surface area contributed by atoms with Crippen molar-refractivity contribution in [2.75, 3.05) is 39.6 Å². The van der Waals surface area contributed by atoms with Crippen LogP contribution in [-0.2, 0) is 19.0 Å². The van der Waals surface area contributed by atoms with E-state index in [1.165, 1.54) is 12.8 Å². The van der Waals surface area contributed by atoms with Crippen molar-refractivity contribution in [3.63, 3.8) is 0 Å². The molecule has 170 valence electrons. The molecule has 0 aromatic rings. The number of carbonyl (C=O) groups is 1. The minimum Gasteiger partial charge on any atom is -0.394 e. The lowest BCUT2D eigenvalue weighted by molar-refractivity contribution is -0.132. The van der Waals surface area contributed by atoms with Gasteiger partial charge in [0.25, 0.3) is 0 Å². The first-order valence-electron chi connectivity index (χ1n) is 12.1. The van der Waals surface area contributed by atoms with Crippen molar-refractivity contribution in [2.45, 2.75) is 71.3 Å². The van der Waals surface area contributed by atoms with Gasteiger partial charge >= 0.3 is 0 Å². The molecule has 0 heterocycles. The Labute approximate surface area is 181 Å². The Morgan fingerprint density at radius 2 is 1.67 bits per heavy atom. The van der Waals surface area contributed by atoms with Gasteiger partial charge in [0, 0.05) is 11.8 Å². The molecule has 4 aliphatic carbocycles. The zero-order chi connectivity index (χ0) is 21.2. The summed E-state index contributed by atoms with van der Waals surface area (Å²) in [6.45, 7) is 7.47. The third kappa shape index (κ3) is 4.15. The van der Waals surface area contributed by atoms with E-state index in [-0.39, 0.29) is 12.0 Å². The average Bonchev–Trinajstić information content (AvgIpc) is 3.05. The number of hydrogen-bond acceptors (Lipinski definition) is 5. The molecule has 5 nitrogen and oxygen atoms in total. The third-order valence-corrected chi connectivity index (χ3v) is 8.96. The maximum atomic E-state index is 12.6. The smallest absolute Gasteiger partial charge is 0.139 e. The monoisotopic (exact) mass is 420 g/mol. The van der Waals surface area contributed by atoms with Crippen LogP contribution in [0, 0.1) is 28.6 Å². The number of ketones is 1. The molecule has 4 aliphatic rings. The average molecular weight is 421 g/mol. The van der Waals surface area contributed by atoms with Gasteiger partial charge < -0.3 is 19.3 Å². The molecule has 0 bridgehead atoms. The second-order valence-corrected chi connectivity index (χ2v) is 10.4. The fraction of sp³-hybridized carbons (Fsp3) is 0.880. The lowest BCUT2D eigenvalue weighted by Crippen LogP contribution is -2.50. The summed E-state index contributed by atoms with van der Waals surface area (Å²) in [5, 5.41) is 8.67. The van der Waals surface area contributed by atoms with Crippen molar-refractivity contribution in [2.24, 2.45) is 28.6 Å². The fourth-order valence-corrected chi connectivity index (χ4v) is 7.20. The highest BCUT2D eigenvalue weighted by Crippen LogP contribution is 2.64. The topological polar surface area (TPSA) is 65.0 Å². The zero-order valence-corrected chi connectivity index (χ0v) is 18.9. The van der Waals surface area contributed by atoms with E-state index in [1.54, 1.807) is 5.57 Å². The van der Waals surface area contributed by atoms with Crippen LogP contribution in [-0.4, -0.2) is 56.6 Å². The number of ether oxygens (including phenoxy) is 3. The van der Waals surface area contributed by atoms with Gasteiger partial charge in [0.05, 0.1) is 45.7 Å². The van der Waals surface area contributed by atoms with E-state index in [9.17, 15) is 4.79 Å². The third-order valence-electron chi connectivity index (χ3n) is 8.96. The number of allylic oxidation sites excluding steroid dienone is 1. The maximum absolute atomic E-state index is 12.6. The molecular weight excluding hydrogens is 380 g/mol. The fourth-order valence-electron chi connectivity index (χ4n) is 7.20. The minimum absolute atomic E-state index is 0.0354. The summed E-state index contributed by atoms with van der Waals surface area (Å²) in [6.07, 6.45) is 11.6. The molecule has 0 aromatic carbocycles. The predicted octanol–water partition coefficient (Wildman–Crippen LogP) is 3.93. The van der Waals surface area contributed by atoms with E-state index < -0.39 is 0 Å². The highest BCUT2D eigenvalue weighted by atomic mass is 16.5. The van der Waals surface area contributed by atoms with Gasteiger partial charge in [-0.25, -0.2) is 0 Å². The second-order valence-electron chi connectivity index (χ2n) is 10.4. The van der Waals surface area contributed by atoms with Crippen LogP contribution in [0.5, 0.6) is 0 Å². The van der Waals surface area contributed by atoms with Crippen LogP contribution < -0.4 is 0 Å². The Kier molecular flexibility index (Phi) is 7.03. The van der Waals surface area contributed by atoms with Crippen molar-refractivity contribution >= 4 is 5.78 Å². The van der Waals surface area contributed by atoms with Gasteiger partial charge in [-0.05, 0) is 68.1 Å². The number of hydrogen-bond donors (Lipinski definition) is 1. The van der Waals surface area contributed by atoms with Crippen molar-refractivity contribution in [3.8, 4) is 0 Å². The molecule has 0 aromatic heterocycles. The van der Waals surface area contributed by atoms with E-state index in [1.807, 2.05) is 0 Å². The summed E-state index contributed by atoms with van der Waals surface area (Å²) in [6, 6.07) is 0. The normalized spacial score (nSPS) is 40.5. The molecule has 4 rings (SSSR count). The van der Waals surface area contributed by atoms with Crippen LogP contribution in [0.15, 0.2) is 11.6 Å². The number of rotatable bonds is 9. The van der Waals surface area contributed by atoms with Gasteiger partial charge in [-0.3, -0.25) is 4.79 Å². The van der Waals surface area contributed by atoms with Gasteiger partial charge in [-0.1, -0.05) is 25.5 Å². The number of fused-ring (bicyclic) bond motifs is 5. The lowest BCUT2D eigenvalue weighted by atomic mass is 9.48. The van der Waals surface area contributed by atoms with Gasteiger partial charge in [-0.15, -0.1) is 0 Å². The van der Waals surface area contributed by atoms with Crippen LogP contribution in [0.25, 0.3) is 0 Å². The SMILES string of the molecule is C[C@]12CC[C@H](OCCOCCOCCO)CC1=CC[C@@H]1[C@@H]2CC[C@]2(C)C(=O)CC[C@@H]12. The van der Waals surface area contributed by atoms with E-state index in [0.717, 1.165) is 44.4 Å². The first-order chi connectivity index (χ1) is 14.5. The molecule has 3 saturated carbocycles. The number of carbonyl (C=O) groups excluding carboxylic acids is 1. The first-order valence-corrected chi connectivity index (χ1v) is 12.1. The summed E-state index contributed by atoms with van der Waals surface area (Å²) in [7, 11) is 0. The van der Waals surface area contributed by atoms with E-state index in [4.69, 9.17) is 19.3 Å². The molecule has 0 saturated heterocycles. The second kappa shape index (κ2) is 9.40. The molecule has 0 aliphatic heterocycles. The van der Waals surface area contributed by atoms with Crippen LogP contribution in [0.2, 0.25) is 0 Å². The molecule has 0 spiro atoms. The first kappa shape index (κ1) is 22.4. The Morgan fingerprint density at radius 1 is 0.967 bits per heavy atom. The van der Waals surface area contributed by atoms with E-state index >= 15 is 0 Å². The molecule has 0 radical (unpaired) electrons. The molecule has 0 unspecified atom stereocenters. The van der Waals surface area contributed by atoms with Crippen LogP contribution in [0.3, 0.4) is 0 Å². The molecule has 6 atom stereocenters.